The van der Waals surface area contributed by atoms with E-state index < -0.39 is 0 Å². The van der Waals surface area contributed by atoms with Crippen molar-refractivity contribution in [2.75, 3.05) is 0 Å². The standard InChI is InChI=1S/C12H11NOS/c14-12(11-6-7-15-9-11)13-8-10-4-2-1-3-5-10/h1-7,9H,8H2,(H,13,14). The maximum Gasteiger partial charge on any atom is 0.252 e. The van der Waals surface area contributed by atoms with Gasteiger partial charge in [0.15, 0.2) is 0 Å². The molecule has 0 saturated heterocycles. The largest absolute Gasteiger partial charge is 0.348 e. The zero-order chi connectivity index (χ0) is 10.5. The minimum Gasteiger partial charge on any atom is -0.348 e. The van der Waals surface area contributed by atoms with Crippen molar-refractivity contribution in [3.8, 4) is 0 Å². The lowest BCUT2D eigenvalue weighted by atomic mass is 10.2. The Bertz CT molecular complexity index is 422. The molecule has 1 amide bonds. The third kappa shape index (κ3) is 2.67. The first-order valence-electron chi connectivity index (χ1n) is 4.70. The zero-order valence-corrected chi connectivity index (χ0v) is 8.96. The molecule has 1 aromatic heterocycles. The molecular weight excluding hydrogens is 206 g/mol. The van der Waals surface area contributed by atoms with Crippen LogP contribution in [0.4, 0.5) is 0 Å². The average Bonchev–Trinajstić information content (AvgIpc) is 2.81. The monoisotopic (exact) mass is 217 g/mol. The van der Waals surface area contributed by atoms with Gasteiger partial charge in [-0.05, 0) is 17.0 Å². The number of thiophene rings is 1. The highest BCUT2D eigenvalue weighted by molar-refractivity contribution is 7.08. The summed E-state index contributed by atoms with van der Waals surface area (Å²) >= 11 is 1.53. The van der Waals surface area contributed by atoms with Crippen molar-refractivity contribution in [3.63, 3.8) is 0 Å². The minimum atomic E-state index is -0.0138. The molecular formula is C12H11NOS. The maximum atomic E-state index is 11.6. The van der Waals surface area contributed by atoms with Gasteiger partial charge >= 0.3 is 0 Å². The van der Waals surface area contributed by atoms with Crippen molar-refractivity contribution in [2.24, 2.45) is 0 Å². The van der Waals surface area contributed by atoms with Gasteiger partial charge in [0.1, 0.15) is 0 Å². The van der Waals surface area contributed by atoms with Gasteiger partial charge in [-0.15, -0.1) is 0 Å². The van der Waals surface area contributed by atoms with Crippen LogP contribution in [0.25, 0.3) is 0 Å². The third-order valence-corrected chi connectivity index (χ3v) is 2.76. The van der Waals surface area contributed by atoms with E-state index in [4.69, 9.17) is 0 Å². The second kappa shape index (κ2) is 4.75. The molecule has 15 heavy (non-hydrogen) atoms. The van der Waals surface area contributed by atoms with Crippen molar-refractivity contribution in [1.29, 1.82) is 0 Å². The molecule has 2 aromatic rings. The summed E-state index contributed by atoms with van der Waals surface area (Å²) in [5.74, 6) is -0.0138. The predicted octanol–water partition coefficient (Wildman–Crippen LogP) is 2.68. The Kier molecular flexibility index (Phi) is 3.15. The maximum absolute atomic E-state index is 11.6. The van der Waals surface area contributed by atoms with Gasteiger partial charge in [-0.25, -0.2) is 0 Å². The molecule has 2 nitrogen and oxygen atoms in total. The Balaban J connectivity index is 1.92. The van der Waals surface area contributed by atoms with Crippen LogP contribution in [0, 0.1) is 0 Å². The molecule has 2 rings (SSSR count). The number of carbonyl (C=O) groups is 1. The summed E-state index contributed by atoms with van der Waals surface area (Å²) in [6, 6.07) is 11.7. The Morgan fingerprint density at radius 1 is 1.20 bits per heavy atom. The fourth-order valence-corrected chi connectivity index (χ4v) is 1.91. The van der Waals surface area contributed by atoms with Crippen LogP contribution in [0.5, 0.6) is 0 Å². The van der Waals surface area contributed by atoms with Crippen LogP contribution in [-0.4, -0.2) is 5.91 Å². The molecule has 0 aliphatic rings. The lowest BCUT2D eigenvalue weighted by Crippen LogP contribution is -2.22. The highest BCUT2D eigenvalue weighted by Crippen LogP contribution is 2.06. The summed E-state index contributed by atoms with van der Waals surface area (Å²) in [6.45, 7) is 0.579. The molecule has 1 heterocycles. The van der Waals surface area contributed by atoms with Crippen molar-refractivity contribution >= 4 is 17.2 Å². The normalized spacial score (nSPS) is 9.87. The molecule has 0 atom stereocenters. The fraction of sp³-hybridized carbons (Fsp3) is 0.0833. The first kappa shape index (κ1) is 9.93. The average molecular weight is 217 g/mol. The number of hydrogen-bond acceptors (Lipinski definition) is 2. The summed E-state index contributed by atoms with van der Waals surface area (Å²) < 4.78 is 0. The molecule has 1 aromatic carbocycles. The van der Waals surface area contributed by atoms with Gasteiger partial charge in [-0.1, -0.05) is 30.3 Å². The Hall–Kier alpha value is -1.61. The van der Waals surface area contributed by atoms with E-state index in [2.05, 4.69) is 5.32 Å². The number of hydrogen-bond donors (Lipinski definition) is 1. The first-order chi connectivity index (χ1) is 7.36. The van der Waals surface area contributed by atoms with Gasteiger partial charge < -0.3 is 5.32 Å². The topological polar surface area (TPSA) is 29.1 Å². The van der Waals surface area contributed by atoms with Crippen LogP contribution in [0.2, 0.25) is 0 Å². The number of amides is 1. The third-order valence-electron chi connectivity index (χ3n) is 2.08. The lowest BCUT2D eigenvalue weighted by Gasteiger charge is -2.03. The van der Waals surface area contributed by atoms with E-state index in [1.54, 1.807) is 0 Å². The van der Waals surface area contributed by atoms with Crippen molar-refractivity contribution in [1.82, 2.24) is 5.32 Å². The number of benzene rings is 1. The molecule has 1 N–H and O–H groups in total. The van der Waals surface area contributed by atoms with Crippen LogP contribution < -0.4 is 5.32 Å². The van der Waals surface area contributed by atoms with E-state index in [9.17, 15) is 4.79 Å². The number of rotatable bonds is 3. The molecule has 0 fully saturated rings. The Morgan fingerprint density at radius 2 is 2.00 bits per heavy atom. The smallest absolute Gasteiger partial charge is 0.252 e. The first-order valence-corrected chi connectivity index (χ1v) is 5.65. The van der Waals surface area contributed by atoms with Crippen molar-refractivity contribution < 1.29 is 4.79 Å². The van der Waals surface area contributed by atoms with Crippen molar-refractivity contribution in [2.45, 2.75) is 6.54 Å². The van der Waals surface area contributed by atoms with Gasteiger partial charge in [-0.2, -0.15) is 11.3 Å². The van der Waals surface area contributed by atoms with Gasteiger partial charge in [-0.3, -0.25) is 4.79 Å². The number of carbonyl (C=O) groups excluding carboxylic acids is 1. The summed E-state index contributed by atoms with van der Waals surface area (Å²) in [6.07, 6.45) is 0. The predicted molar refractivity (Wildman–Crippen MR) is 61.9 cm³/mol. The van der Waals surface area contributed by atoms with E-state index in [0.29, 0.717) is 6.54 Å². The lowest BCUT2D eigenvalue weighted by molar-refractivity contribution is 0.0951. The Labute approximate surface area is 92.6 Å². The van der Waals surface area contributed by atoms with Gasteiger partial charge in [0, 0.05) is 17.5 Å². The van der Waals surface area contributed by atoms with Gasteiger partial charge in [0.05, 0.1) is 0 Å². The van der Waals surface area contributed by atoms with Crippen LogP contribution in [0.3, 0.4) is 0 Å². The number of nitrogens with one attached hydrogen (secondary N) is 1. The summed E-state index contributed by atoms with van der Waals surface area (Å²) in [7, 11) is 0. The summed E-state index contributed by atoms with van der Waals surface area (Å²) in [5, 5.41) is 6.62. The molecule has 0 bridgehead atoms. The fourth-order valence-electron chi connectivity index (χ4n) is 1.27. The quantitative estimate of drug-likeness (QED) is 0.841. The second-order valence-corrected chi connectivity index (χ2v) is 3.96. The molecule has 0 aliphatic carbocycles. The summed E-state index contributed by atoms with van der Waals surface area (Å²) in [4.78, 5) is 11.6. The Morgan fingerprint density at radius 3 is 2.67 bits per heavy atom. The molecule has 3 heteroatoms. The zero-order valence-electron chi connectivity index (χ0n) is 8.14. The molecule has 0 saturated carbocycles. The van der Waals surface area contributed by atoms with Crippen LogP contribution >= 0.6 is 11.3 Å². The van der Waals surface area contributed by atoms with E-state index in [1.807, 2.05) is 47.2 Å². The SMILES string of the molecule is O=C(NCc1ccccc1)c1ccsc1. The van der Waals surface area contributed by atoms with Crippen LogP contribution in [0.15, 0.2) is 47.2 Å². The highest BCUT2D eigenvalue weighted by Gasteiger charge is 2.04. The van der Waals surface area contributed by atoms with E-state index in [-0.39, 0.29) is 5.91 Å². The van der Waals surface area contributed by atoms with Gasteiger partial charge in [0.25, 0.3) is 5.91 Å². The summed E-state index contributed by atoms with van der Waals surface area (Å²) in [5.41, 5.74) is 1.84. The van der Waals surface area contributed by atoms with Crippen LogP contribution in [0.1, 0.15) is 15.9 Å². The van der Waals surface area contributed by atoms with Crippen LogP contribution in [-0.2, 0) is 6.54 Å². The van der Waals surface area contributed by atoms with Gasteiger partial charge in [0.2, 0.25) is 0 Å². The molecule has 0 unspecified atom stereocenters. The van der Waals surface area contributed by atoms with E-state index >= 15 is 0 Å². The van der Waals surface area contributed by atoms with Crippen molar-refractivity contribution in [3.05, 3.63) is 58.3 Å². The molecule has 0 aliphatic heterocycles. The molecule has 0 spiro atoms. The molecule has 76 valence electrons. The molecule has 0 radical (unpaired) electrons. The second-order valence-electron chi connectivity index (χ2n) is 3.18. The highest BCUT2D eigenvalue weighted by atomic mass is 32.1. The van der Waals surface area contributed by atoms with E-state index in [0.717, 1.165) is 11.1 Å². The van der Waals surface area contributed by atoms with E-state index in [1.165, 1.54) is 11.3 Å². The minimum absolute atomic E-state index is 0.0138.